The van der Waals surface area contributed by atoms with Gasteiger partial charge < -0.3 is 11.5 Å². The van der Waals surface area contributed by atoms with Crippen molar-refractivity contribution in [2.45, 2.75) is 6.92 Å². The van der Waals surface area contributed by atoms with Crippen LogP contribution >= 0.6 is 11.6 Å². The maximum absolute atomic E-state index is 11.1. The predicted molar refractivity (Wildman–Crippen MR) is 74.6 cm³/mol. The van der Waals surface area contributed by atoms with Crippen LogP contribution in [0.25, 0.3) is 11.1 Å². The van der Waals surface area contributed by atoms with Crippen molar-refractivity contribution < 1.29 is 4.79 Å². The smallest absolute Gasteiger partial charge is 0.248 e. The molecule has 0 saturated heterocycles. The number of amides is 1. The van der Waals surface area contributed by atoms with E-state index in [4.69, 9.17) is 23.1 Å². The Labute approximate surface area is 110 Å². The van der Waals surface area contributed by atoms with E-state index in [1.54, 1.807) is 18.2 Å². The molecule has 0 radical (unpaired) electrons. The molecule has 0 unspecified atom stereocenters. The molecule has 0 fully saturated rings. The second kappa shape index (κ2) is 4.70. The van der Waals surface area contributed by atoms with Crippen molar-refractivity contribution in [3.63, 3.8) is 0 Å². The van der Waals surface area contributed by atoms with Gasteiger partial charge in [0.15, 0.2) is 0 Å². The van der Waals surface area contributed by atoms with Gasteiger partial charge in [0.25, 0.3) is 0 Å². The van der Waals surface area contributed by atoms with Gasteiger partial charge in [-0.25, -0.2) is 0 Å². The molecule has 0 bridgehead atoms. The van der Waals surface area contributed by atoms with E-state index in [9.17, 15) is 4.79 Å². The Morgan fingerprint density at radius 1 is 1.17 bits per heavy atom. The van der Waals surface area contributed by atoms with Crippen LogP contribution in [0.5, 0.6) is 0 Å². The number of carbonyl (C=O) groups excluding carboxylic acids is 1. The Hall–Kier alpha value is -2.00. The number of halogens is 1. The van der Waals surface area contributed by atoms with Crippen LogP contribution < -0.4 is 11.5 Å². The molecule has 18 heavy (non-hydrogen) atoms. The summed E-state index contributed by atoms with van der Waals surface area (Å²) in [6, 6.07) is 10.7. The lowest BCUT2D eigenvalue weighted by atomic mass is 9.97. The average molecular weight is 261 g/mol. The summed E-state index contributed by atoms with van der Waals surface area (Å²) >= 11 is 6.08. The third kappa shape index (κ3) is 2.17. The molecule has 0 aliphatic heterocycles. The van der Waals surface area contributed by atoms with Crippen molar-refractivity contribution in [1.82, 2.24) is 0 Å². The minimum absolute atomic E-state index is 0.399. The number of rotatable bonds is 2. The topological polar surface area (TPSA) is 69.1 Å². The molecule has 2 aromatic rings. The Kier molecular flexibility index (Phi) is 3.26. The van der Waals surface area contributed by atoms with E-state index in [1.165, 1.54) is 0 Å². The molecule has 0 atom stereocenters. The quantitative estimate of drug-likeness (QED) is 0.815. The first kappa shape index (κ1) is 12.5. The standard InChI is InChI=1S/C14H13ClN2O/c1-8-10(3-2-4-12(8)15)11-6-5-9(14(17)18)7-13(11)16/h2-7H,16H2,1H3,(H2,17,18). The summed E-state index contributed by atoms with van der Waals surface area (Å²) in [5.74, 6) is -0.490. The molecular formula is C14H13ClN2O. The summed E-state index contributed by atoms with van der Waals surface area (Å²) < 4.78 is 0. The van der Waals surface area contributed by atoms with Gasteiger partial charge in [-0.05, 0) is 36.2 Å². The molecule has 0 spiro atoms. The number of nitrogens with two attached hydrogens (primary N) is 2. The van der Waals surface area contributed by atoms with E-state index in [-0.39, 0.29) is 0 Å². The maximum Gasteiger partial charge on any atom is 0.248 e. The molecule has 2 rings (SSSR count). The molecule has 1 amide bonds. The zero-order chi connectivity index (χ0) is 13.3. The molecule has 0 aromatic heterocycles. The van der Waals surface area contributed by atoms with Gasteiger partial charge in [-0.15, -0.1) is 0 Å². The largest absolute Gasteiger partial charge is 0.398 e. The van der Waals surface area contributed by atoms with Gasteiger partial charge in [-0.2, -0.15) is 0 Å². The van der Waals surface area contributed by atoms with Crippen LogP contribution in [-0.2, 0) is 0 Å². The van der Waals surface area contributed by atoms with Crippen LogP contribution in [-0.4, -0.2) is 5.91 Å². The summed E-state index contributed by atoms with van der Waals surface area (Å²) in [5, 5.41) is 0.686. The van der Waals surface area contributed by atoms with Crippen molar-refractivity contribution in [2.75, 3.05) is 5.73 Å². The lowest BCUT2D eigenvalue weighted by Crippen LogP contribution is -2.11. The van der Waals surface area contributed by atoms with Crippen LogP contribution in [0.4, 0.5) is 5.69 Å². The highest BCUT2D eigenvalue weighted by molar-refractivity contribution is 6.31. The molecule has 0 heterocycles. The minimum atomic E-state index is -0.490. The highest BCUT2D eigenvalue weighted by Crippen LogP contribution is 2.32. The molecule has 92 valence electrons. The van der Waals surface area contributed by atoms with E-state index in [1.807, 2.05) is 25.1 Å². The Bertz CT molecular complexity index is 623. The van der Waals surface area contributed by atoms with Crippen LogP contribution in [0.1, 0.15) is 15.9 Å². The van der Waals surface area contributed by atoms with Crippen LogP contribution in [0.3, 0.4) is 0 Å². The number of hydrogen-bond donors (Lipinski definition) is 2. The monoisotopic (exact) mass is 260 g/mol. The SMILES string of the molecule is Cc1c(Cl)cccc1-c1ccc(C(N)=O)cc1N. The minimum Gasteiger partial charge on any atom is -0.398 e. The summed E-state index contributed by atoms with van der Waals surface area (Å²) in [5.41, 5.74) is 14.8. The molecule has 2 aromatic carbocycles. The second-order valence-corrected chi connectivity index (χ2v) is 4.49. The zero-order valence-corrected chi connectivity index (χ0v) is 10.7. The zero-order valence-electron chi connectivity index (χ0n) is 9.91. The van der Waals surface area contributed by atoms with Crippen LogP contribution in [0, 0.1) is 6.92 Å². The van der Waals surface area contributed by atoms with E-state index in [0.717, 1.165) is 16.7 Å². The van der Waals surface area contributed by atoms with E-state index >= 15 is 0 Å². The normalized spacial score (nSPS) is 10.3. The van der Waals surface area contributed by atoms with Gasteiger partial charge >= 0.3 is 0 Å². The molecule has 0 aliphatic carbocycles. The fourth-order valence-electron chi connectivity index (χ4n) is 1.86. The molecule has 0 aliphatic rings. The molecular weight excluding hydrogens is 248 g/mol. The van der Waals surface area contributed by atoms with Gasteiger partial charge in [0, 0.05) is 21.8 Å². The summed E-state index contributed by atoms with van der Waals surface area (Å²) in [7, 11) is 0. The van der Waals surface area contributed by atoms with Gasteiger partial charge in [0.2, 0.25) is 5.91 Å². The molecule has 4 N–H and O–H groups in total. The number of nitrogen functional groups attached to an aromatic ring is 1. The van der Waals surface area contributed by atoms with Gasteiger partial charge in [0.1, 0.15) is 0 Å². The first-order valence-electron chi connectivity index (χ1n) is 5.45. The van der Waals surface area contributed by atoms with E-state index < -0.39 is 5.91 Å². The van der Waals surface area contributed by atoms with E-state index in [0.29, 0.717) is 16.3 Å². The van der Waals surface area contributed by atoms with Crippen molar-refractivity contribution >= 4 is 23.2 Å². The maximum atomic E-state index is 11.1. The fraction of sp³-hybridized carbons (Fsp3) is 0.0714. The van der Waals surface area contributed by atoms with Crippen LogP contribution in [0.2, 0.25) is 5.02 Å². The number of benzene rings is 2. The summed E-state index contributed by atoms with van der Waals surface area (Å²) in [6.45, 7) is 1.93. The van der Waals surface area contributed by atoms with Gasteiger partial charge in [-0.3, -0.25) is 4.79 Å². The van der Waals surface area contributed by atoms with Crippen molar-refractivity contribution in [3.8, 4) is 11.1 Å². The molecule has 0 saturated carbocycles. The fourth-order valence-corrected chi connectivity index (χ4v) is 2.04. The highest BCUT2D eigenvalue weighted by Gasteiger charge is 2.10. The number of carbonyl (C=O) groups is 1. The Morgan fingerprint density at radius 2 is 1.89 bits per heavy atom. The first-order chi connectivity index (χ1) is 8.50. The first-order valence-corrected chi connectivity index (χ1v) is 5.83. The number of primary amides is 1. The number of anilines is 1. The van der Waals surface area contributed by atoms with Crippen molar-refractivity contribution in [2.24, 2.45) is 5.73 Å². The highest BCUT2D eigenvalue weighted by atomic mass is 35.5. The lowest BCUT2D eigenvalue weighted by Gasteiger charge is -2.11. The van der Waals surface area contributed by atoms with Crippen LogP contribution in [0.15, 0.2) is 36.4 Å². The summed E-state index contributed by atoms with van der Waals surface area (Å²) in [6.07, 6.45) is 0. The molecule has 3 nitrogen and oxygen atoms in total. The average Bonchev–Trinajstić information content (AvgIpc) is 2.33. The third-order valence-corrected chi connectivity index (χ3v) is 3.30. The number of hydrogen-bond acceptors (Lipinski definition) is 2. The van der Waals surface area contributed by atoms with Gasteiger partial charge in [-0.1, -0.05) is 29.8 Å². The predicted octanol–water partition coefficient (Wildman–Crippen LogP) is 3.00. The van der Waals surface area contributed by atoms with E-state index in [2.05, 4.69) is 0 Å². The van der Waals surface area contributed by atoms with Crippen molar-refractivity contribution in [3.05, 3.63) is 52.5 Å². The summed E-state index contributed by atoms with van der Waals surface area (Å²) in [4.78, 5) is 11.1. The molecule has 4 heteroatoms. The van der Waals surface area contributed by atoms with Gasteiger partial charge in [0.05, 0.1) is 0 Å². The second-order valence-electron chi connectivity index (χ2n) is 4.08. The Balaban J connectivity index is 2.58. The lowest BCUT2D eigenvalue weighted by molar-refractivity contribution is 0.100. The Morgan fingerprint density at radius 3 is 2.50 bits per heavy atom. The third-order valence-electron chi connectivity index (χ3n) is 2.89. The van der Waals surface area contributed by atoms with Crippen molar-refractivity contribution in [1.29, 1.82) is 0 Å².